The monoisotopic (exact) mass is 303 g/mol. The number of carbonyl (C=O) groups excluding carboxylic acids is 1. The van der Waals surface area contributed by atoms with E-state index >= 15 is 0 Å². The Kier molecular flexibility index (Phi) is 6.25. The van der Waals surface area contributed by atoms with E-state index in [1.807, 2.05) is 6.92 Å². The van der Waals surface area contributed by atoms with Crippen molar-refractivity contribution in [3.8, 4) is 0 Å². The maximum atomic E-state index is 12.0. The van der Waals surface area contributed by atoms with E-state index in [0.29, 0.717) is 6.54 Å². The van der Waals surface area contributed by atoms with Crippen LogP contribution in [0.2, 0.25) is 0 Å². The summed E-state index contributed by atoms with van der Waals surface area (Å²) in [4.78, 5) is 14.5. The lowest BCUT2D eigenvalue weighted by molar-refractivity contribution is 0.218. The molecule has 122 valence electrons. The summed E-state index contributed by atoms with van der Waals surface area (Å²) >= 11 is 0. The highest BCUT2D eigenvalue weighted by Gasteiger charge is 2.25. The topological polar surface area (TPSA) is 44.4 Å². The van der Waals surface area contributed by atoms with Crippen molar-refractivity contribution in [1.82, 2.24) is 15.5 Å². The summed E-state index contributed by atoms with van der Waals surface area (Å²) in [7, 11) is 0. The molecule has 0 spiro atoms. The van der Waals surface area contributed by atoms with Crippen LogP contribution in [0.3, 0.4) is 0 Å². The van der Waals surface area contributed by atoms with Gasteiger partial charge in [0.2, 0.25) is 0 Å². The van der Waals surface area contributed by atoms with Gasteiger partial charge in [-0.05, 0) is 57.3 Å². The summed E-state index contributed by atoms with van der Waals surface area (Å²) in [6.07, 6.45) is 3.45. The molecule has 1 aromatic rings. The SMILES string of the molecule is CCC(C)NC(=O)NCC(c1ccccc1C)N1CCCC1. The average Bonchev–Trinajstić information content (AvgIpc) is 3.03. The van der Waals surface area contributed by atoms with Crippen LogP contribution in [0.4, 0.5) is 4.79 Å². The predicted molar refractivity (Wildman–Crippen MR) is 91.0 cm³/mol. The molecule has 2 unspecified atom stereocenters. The molecule has 4 nitrogen and oxygen atoms in total. The van der Waals surface area contributed by atoms with Crippen LogP contribution in [0, 0.1) is 6.92 Å². The number of aryl methyl sites for hydroxylation is 1. The Morgan fingerprint density at radius 3 is 2.59 bits per heavy atom. The Morgan fingerprint density at radius 1 is 1.27 bits per heavy atom. The van der Waals surface area contributed by atoms with Crippen LogP contribution in [-0.2, 0) is 0 Å². The Balaban J connectivity index is 2.03. The van der Waals surface area contributed by atoms with Crippen molar-refractivity contribution in [2.75, 3.05) is 19.6 Å². The highest BCUT2D eigenvalue weighted by atomic mass is 16.2. The number of urea groups is 1. The second-order valence-corrected chi connectivity index (χ2v) is 6.28. The fourth-order valence-electron chi connectivity index (χ4n) is 3.02. The number of amides is 2. The molecule has 1 saturated heterocycles. The zero-order valence-electron chi connectivity index (χ0n) is 14.1. The molecule has 4 heteroatoms. The third-order valence-corrected chi connectivity index (χ3v) is 4.57. The Bertz CT molecular complexity index is 483. The highest BCUT2D eigenvalue weighted by Crippen LogP contribution is 2.26. The minimum absolute atomic E-state index is 0.0628. The van der Waals surface area contributed by atoms with Crippen LogP contribution >= 0.6 is 0 Å². The zero-order valence-corrected chi connectivity index (χ0v) is 14.1. The van der Waals surface area contributed by atoms with Gasteiger partial charge < -0.3 is 10.6 Å². The molecule has 1 heterocycles. The van der Waals surface area contributed by atoms with Gasteiger partial charge in [-0.2, -0.15) is 0 Å². The van der Waals surface area contributed by atoms with E-state index in [0.717, 1.165) is 19.5 Å². The van der Waals surface area contributed by atoms with E-state index in [1.54, 1.807) is 0 Å². The van der Waals surface area contributed by atoms with Gasteiger partial charge in [0, 0.05) is 12.6 Å². The molecule has 1 aliphatic rings. The van der Waals surface area contributed by atoms with Crippen molar-refractivity contribution in [3.63, 3.8) is 0 Å². The summed E-state index contributed by atoms with van der Waals surface area (Å²) in [5.41, 5.74) is 2.62. The summed E-state index contributed by atoms with van der Waals surface area (Å²) in [6.45, 7) is 9.15. The Labute approximate surface area is 134 Å². The first-order valence-electron chi connectivity index (χ1n) is 8.45. The number of hydrogen-bond donors (Lipinski definition) is 2. The quantitative estimate of drug-likeness (QED) is 0.847. The predicted octanol–water partition coefficient (Wildman–Crippen LogP) is 3.23. The maximum Gasteiger partial charge on any atom is 0.315 e. The van der Waals surface area contributed by atoms with Gasteiger partial charge in [-0.25, -0.2) is 4.79 Å². The molecule has 22 heavy (non-hydrogen) atoms. The van der Waals surface area contributed by atoms with Crippen LogP contribution in [0.25, 0.3) is 0 Å². The number of benzene rings is 1. The first kappa shape index (κ1) is 16.8. The van der Waals surface area contributed by atoms with Gasteiger partial charge in [0.05, 0.1) is 6.04 Å². The van der Waals surface area contributed by atoms with Crippen molar-refractivity contribution in [2.24, 2.45) is 0 Å². The summed E-state index contributed by atoms with van der Waals surface area (Å²) in [5, 5.41) is 6.03. The molecule has 0 aliphatic carbocycles. The van der Waals surface area contributed by atoms with Gasteiger partial charge >= 0.3 is 6.03 Å². The lowest BCUT2D eigenvalue weighted by Crippen LogP contribution is -2.44. The smallest absolute Gasteiger partial charge is 0.315 e. The lowest BCUT2D eigenvalue weighted by atomic mass is 10.00. The normalized spacial score (nSPS) is 18.0. The Hall–Kier alpha value is -1.55. The van der Waals surface area contributed by atoms with Gasteiger partial charge in [-0.15, -0.1) is 0 Å². The molecule has 2 atom stereocenters. The molecule has 0 bridgehead atoms. The van der Waals surface area contributed by atoms with E-state index in [-0.39, 0.29) is 18.1 Å². The zero-order chi connectivity index (χ0) is 15.9. The van der Waals surface area contributed by atoms with Gasteiger partial charge in [0.1, 0.15) is 0 Å². The summed E-state index contributed by atoms with van der Waals surface area (Å²) in [6, 6.07) is 8.92. The molecule has 2 rings (SSSR count). The molecule has 0 saturated carbocycles. The van der Waals surface area contributed by atoms with Crippen molar-refractivity contribution >= 4 is 6.03 Å². The average molecular weight is 303 g/mol. The molecule has 1 fully saturated rings. The van der Waals surface area contributed by atoms with Gasteiger partial charge in [0.25, 0.3) is 0 Å². The number of nitrogens with one attached hydrogen (secondary N) is 2. The second-order valence-electron chi connectivity index (χ2n) is 6.28. The number of likely N-dealkylation sites (tertiary alicyclic amines) is 1. The van der Waals surface area contributed by atoms with Gasteiger partial charge in [-0.1, -0.05) is 31.2 Å². The minimum Gasteiger partial charge on any atom is -0.336 e. The number of nitrogens with zero attached hydrogens (tertiary/aromatic N) is 1. The van der Waals surface area contributed by atoms with Crippen molar-refractivity contribution < 1.29 is 4.79 Å². The van der Waals surface area contributed by atoms with Crippen LogP contribution in [-0.4, -0.2) is 36.6 Å². The van der Waals surface area contributed by atoms with E-state index in [2.05, 4.69) is 53.6 Å². The molecule has 0 aromatic heterocycles. The van der Waals surface area contributed by atoms with Crippen molar-refractivity contribution in [1.29, 1.82) is 0 Å². The first-order valence-corrected chi connectivity index (χ1v) is 8.45. The van der Waals surface area contributed by atoms with Crippen molar-refractivity contribution in [2.45, 2.75) is 52.1 Å². The molecule has 1 aromatic carbocycles. The highest BCUT2D eigenvalue weighted by molar-refractivity contribution is 5.74. The number of carbonyl (C=O) groups is 1. The Morgan fingerprint density at radius 2 is 1.95 bits per heavy atom. The van der Waals surface area contributed by atoms with Gasteiger partial charge in [0.15, 0.2) is 0 Å². The third-order valence-electron chi connectivity index (χ3n) is 4.57. The molecule has 1 aliphatic heterocycles. The fraction of sp³-hybridized carbons (Fsp3) is 0.611. The number of rotatable bonds is 6. The molecular weight excluding hydrogens is 274 g/mol. The maximum absolute atomic E-state index is 12.0. The van der Waals surface area contributed by atoms with Crippen LogP contribution in [0.1, 0.15) is 50.3 Å². The van der Waals surface area contributed by atoms with E-state index < -0.39 is 0 Å². The second kappa shape index (κ2) is 8.18. The first-order chi connectivity index (χ1) is 10.6. The van der Waals surface area contributed by atoms with Crippen LogP contribution in [0.15, 0.2) is 24.3 Å². The molecule has 2 amide bonds. The molecule has 2 N–H and O–H groups in total. The standard InChI is InChI=1S/C18H29N3O/c1-4-15(3)20-18(22)19-13-17(21-11-7-8-12-21)16-10-6-5-9-14(16)2/h5-6,9-10,15,17H,4,7-8,11-13H2,1-3H3,(H2,19,20,22). The number of hydrogen-bond acceptors (Lipinski definition) is 2. The largest absolute Gasteiger partial charge is 0.336 e. The van der Waals surface area contributed by atoms with Crippen LogP contribution in [0.5, 0.6) is 0 Å². The van der Waals surface area contributed by atoms with E-state index in [1.165, 1.54) is 24.0 Å². The van der Waals surface area contributed by atoms with Gasteiger partial charge in [-0.3, -0.25) is 4.90 Å². The summed E-state index contributed by atoms with van der Waals surface area (Å²) < 4.78 is 0. The fourth-order valence-corrected chi connectivity index (χ4v) is 3.02. The van der Waals surface area contributed by atoms with E-state index in [9.17, 15) is 4.79 Å². The van der Waals surface area contributed by atoms with Crippen molar-refractivity contribution in [3.05, 3.63) is 35.4 Å². The van der Waals surface area contributed by atoms with E-state index in [4.69, 9.17) is 0 Å². The minimum atomic E-state index is -0.0628. The summed E-state index contributed by atoms with van der Waals surface area (Å²) in [5.74, 6) is 0. The van der Waals surface area contributed by atoms with Crippen LogP contribution < -0.4 is 10.6 Å². The lowest BCUT2D eigenvalue weighted by Gasteiger charge is -2.29. The molecule has 0 radical (unpaired) electrons. The molecular formula is C18H29N3O. The third kappa shape index (κ3) is 4.47.